The van der Waals surface area contributed by atoms with Crippen LogP contribution in [0.2, 0.25) is 0 Å². The molecule has 0 aliphatic heterocycles. The van der Waals surface area contributed by atoms with E-state index in [9.17, 15) is 4.21 Å². The van der Waals surface area contributed by atoms with Gasteiger partial charge in [0.2, 0.25) is 0 Å². The second-order valence-electron chi connectivity index (χ2n) is 4.98. The summed E-state index contributed by atoms with van der Waals surface area (Å²) in [6.45, 7) is 8.16. The maximum atomic E-state index is 11.7. The minimum atomic E-state index is -0.906. The summed E-state index contributed by atoms with van der Waals surface area (Å²) >= 11 is 0. The predicted octanol–water partition coefficient (Wildman–Crippen LogP) is 2.23. The zero-order valence-corrected chi connectivity index (χ0v) is 9.91. The first-order valence-electron chi connectivity index (χ1n) is 5.09. The minimum Gasteiger partial charge on any atom is -0.242 e. The van der Waals surface area contributed by atoms with Crippen LogP contribution in [0.4, 0.5) is 0 Å². The van der Waals surface area contributed by atoms with Gasteiger partial charge in [-0.2, -0.15) is 0 Å². The fourth-order valence-electron chi connectivity index (χ4n) is 1.38. The lowest BCUT2D eigenvalue weighted by molar-refractivity contribution is 0.261. The molecular formula is C10H21NOS. The maximum Gasteiger partial charge on any atom is 0.0972 e. The standard InChI is InChI=1S/C10H21NOS/c1-8(9-6-5-7-9)11-13(12)10(2,3)4/h8-9,11H,5-7H2,1-4H3/t8-,13-/m1/s1. The SMILES string of the molecule is C[C@@H](N[S@](=O)C(C)(C)C)C1CCC1. The van der Waals surface area contributed by atoms with Crippen molar-refractivity contribution in [1.29, 1.82) is 0 Å². The second kappa shape index (κ2) is 4.09. The fourth-order valence-corrected chi connectivity index (χ4v) is 2.27. The van der Waals surface area contributed by atoms with Gasteiger partial charge in [0.25, 0.3) is 0 Å². The first-order chi connectivity index (χ1) is 5.91. The van der Waals surface area contributed by atoms with Gasteiger partial charge in [-0.15, -0.1) is 0 Å². The van der Waals surface area contributed by atoms with Crippen molar-refractivity contribution < 1.29 is 4.21 Å². The Kier molecular flexibility index (Phi) is 3.52. The zero-order valence-electron chi connectivity index (χ0n) is 9.09. The Balaban J connectivity index is 2.35. The largest absolute Gasteiger partial charge is 0.242 e. The van der Waals surface area contributed by atoms with Crippen molar-refractivity contribution in [2.45, 2.75) is 57.7 Å². The van der Waals surface area contributed by atoms with Crippen LogP contribution in [-0.2, 0) is 11.0 Å². The van der Waals surface area contributed by atoms with E-state index in [0.717, 1.165) is 5.92 Å². The fraction of sp³-hybridized carbons (Fsp3) is 1.00. The Hall–Kier alpha value is 0.110. The third-order valence-electron chi connectivity index (χ3n) is 2.71. The molecule has 1 saturated carbocycles. The van der Waals surface area contributed by atoms with Crippen molar-refractivity contribution in [3.63, 3.8) is 0 Å². The molecule has 1 aliphatic rings. The molecule has 0 unspecified atom stereocenters. The average Bonchev–Trinajstić information content (AvgIpc) is 1.79. The van der Waals surface area contributed by atoms with Crippen LogP contribution in [0.15, 0.2) is 0 Å². The van der Waals surface area contributed by atoms with Gasteiger partial charge >= 0.3 is 0 Å². The molecule has 1 N–H and O–H groups in total. The van der Waals surface area contributed by atoms with E-state index < -0.39 is 11.0 Å². The van der Waals surface area contributed by atoms with Gasteiger partial charge in [0.15, 0.2) is 0 Å². The van der Waals surface area contributed by atoms with Crippen molar-refractivity contribution in [3.05, 3.63) is 0 Å². The Morgan fingerprint density at radius 1 is 1.38 bits per heavy atom. The minimum absolute atomic E-state index is 0.141. The van der Waals surface area contributed by atoms with Crippen molar-refractivity contribution >= 4 is 11.0 Å². The van der Waals surface area contributed by atoms with E-state index in [1.165, 1.54) is 19.3 Å². The van der Waals surface area contributed by atoms with E-state index in [-0.39, 0.29) is 4.75 Å². The molecule has 3 heteroatoms. The first-order valence-corrected chi connectivity index (χ1v) is 6.24. The summed E-state index contributed by atoms with van der Waals surface area (Å²) in [7, 11) is -0.906. The lowest BCUT2D eigenvalue weighted by Crippen LogP contribution is -2.43. The molecular weight excluding hydrogens is 182 g/mol. The summed E-state index contributed by atoms with van der Waals surface area (Å²) in [4.78, 5) is 0. The topological polar surface area (TPSA) is 29.1 Å². The summed E-state index contributed by atoms with van der Waals surface area (Å²) in [6.07, 6.45) is 3.95. The zero-order chi connectivity index (χ0) is 10.1. The monoisotopic (exact) mass is 203 g/mol. The highest BCUT2D eigenvalue weighted by Gasteiger charge is 2.28. The molecule has 2 atom stereocenters. The summed E-state index contributed by atoms with van der Waals surface area (Å²) in [6, 6.07) is 0.411. The van der Waals surface area contributed by atoms with E-state index >= 15 is 0 Å². The Labute approximate surface area is 84.1 Å². The van der Waals surface area contributed by atoms with Gasteiger partial charge in [0.1, 0.15) is 0 Å². The molecule has 0 saturated heterocycles. The number of nitrogens with one attached hydrogen (secondary N) is 1. The molecule has 1 aliphatic carbocycles. The van der Waals surface area contributed by atoms with Crippen molar-refractivity contribution in [3.8, 4) is 0 Å². The van der Waals surface area contributed by atoms with Gasteiger partial charge in [-0.3, -0.25) is 0 Å². The normalized spacial score (nSPS) is 23.7. The van der Waals surface area contributed by atoms with Gasteiger partial charge in [-0.05, 0) is 46.5 Å². The molecule has 0 aromatic heterocycles. The Morgan fingerprint density at radius 3 is 2.23 bits per heavy atom. The number of hydrogen-bond acceptors (Lipinski definition) is 1. The third-order valence-corrected chi connectivity index (χ3v) is 4.40. The molecule has 0 amide bonds. The summed E-state index contributed by atoms with van der Waals surface area (Å²) < 4.78 is 14.8. The van der Waals surface area contributed by atoms with Crippen molar-refractivity contribution in [2.75, 3.05) is 0 Å². The Morgan fingerprint density at radius 2 is 1.92 bits per heavy atom. The Bertz CT molecular complexity index is 194. The number of rotatable bonds is 3. The van der Waals surface area contributed by atoms with Crippen LogP contribution in [0.3, 0.4) is 0 Å². The van der Waals surface area contributed by atoms with Crippen LogP contribution >= 0.6 is 0 Å². The van der Waals surface area contributed by atoms with E-state index in [1.807, 2.05) is 20.8 Å². The maximum absolute atomic E-state index is 11.7. The van der Waals surface area contributed by atoms with E-state index in [0.29, 0.717) is 6.04 Å². The molecule has 78 valence electrons. The van der Waals surface area contributed by atoms with Gasteiger partial charge in [-0.25, -0.2) is 8.93 Å². The smallest absolute Gasteiger partial charge is 0.0972 e. The molecule has 0 bridgehead atoms. The quantitative estimate of drug-likeness (QED) is 0.749. The van der Waals surface area contributed by atoms with Crippen molar-refractivity contribution in [1.82, 2.24) is 4.72 Å². The average molecular weight is 203 g/mol. The molecule has 1 fully saturated rings. The molecule has 13 heavy (non-hydrogen) atoms. The van der Waals surface area contributed by atoms with E-state index in [2.05, 4.69) is 11.6 Å². The van der Waals surface area contributed by atoms with Crippen molar-refractivity contribution in [2.24, 2.45) is 5.92 Å². The molecule has 0 spiro atoms. The molecule has 0 aromatic carbocycles. The summed E-state index contributed by atoms with van der Waals surface area (Å²) in [5, 5.41) is 0. The van der Waals surface area contributed by atoms with Gasteiger partial charge in [-0.1, -0.05) is 6.42 Å². The second-order valence-corrected chi connectivity index (χ2v) is 6.98. The summed E-state index contributed by atoms with van der Waals surface area (Å²) in [5.41, 5.74) is 0. The van der Waals surface area contributed by atoms with Crippen LogP contribution in [-0.4, -0.2) is 15.0 Å². The lowest BCUT2D eigenvalue weighted by atomic mass is 9.81. The highest BCUT2D eigenvalue weighted by Crippen LogP contribution is 2.29. The lowest BCUT2D eigenvalue weighted by Gasteiger charge is -2.33. The summed E-state index contributed by atoms with van der Waals surface area (Å²) in [5.74, 6) is 0.756. The third kappa shape index (κ3) is 3.06. The van der Waals surface area contributed by atoms with Crippen LogP contribution in [0.25, 0.3) is 0 Å². The van der Waals surface area contributed by atoms with E-state index in [4.69, 9.17) is 0 Å². The van der Waals surface area contributed by atoms with Crippen LogP contribution in [0, 0.1) is 5.92 Å². The molecule has 0 heterocycles. The van der Waals surface area contributed by atoms with Gasteiger partial charge in [0.05, 0.1) is 15.7 Å². The molecule has 1 rings (SSSR count). The highest BCUT2D eigenvalue weighted by molar-refractivity contribution is 7.84. The first kappa shape index (κ1) is 11.2. The molecule has 0 radical (unpaired) electrons. The van der Waals surface area contributed by atoms with Gasteiger partial charge in [0, 0.05) is 6.04 Å². The van der Waals surface area contributed by atoms with E-state index in [1.54, 1.807) is 0 Å². The molecule has 2 nitrogen and oxygen atoms in total. The highest BCUT2D eigenvalue weighted by atomic mass is 32.2. The molecule has 0 aromatic rings. The van der Waals surface area contributed by atoms with Gasteiger partial charge < -0.3 is 0 Å². The van der Waals surface area contributed by atoms with Crippen LogP contribution in [0.5, 0.6) is 0 Å². The predicted molar refractivity (Wildman–Crippen MR) is 57.8 cm³/mol. The number of hydrogen-bond donors (Lipinski definition) is 1. The van der Waals surface area contributed by atoms with Crippen LogP contribution in [0.1, 0.15) is 47.0 Å². The van der Waals surface area contributed by atoms with Crippen LogP contribution < -0.4 is 4.72 Å².